The number of Topliss-reactive ketones (excluding diaryl/α,β-unsaturated/α-hetero) is 1. The Morgan fingerprint density at radius 2 is 1.96 bits per heavy atom. The second-order valence-electron chi connectivity index (χ2n) is 6.78. The van der Waals surface area contributed by atoms with Gasteiger partial charge in [-0.1, -0.05) is 12.1 Å². The molecule has 1 aromatic rings. The zero-order chi connectivity index (χ0) is 17.0. The zero-order valence-electron chi connectivity index (χ0n) is 14.3. The number of methoxy groups -OCH3 is 1. The van der Waals surface area contributed by atoms with Crippen molar-refractivity contribution in [3.63, 3.8) is 0 Å². The Labute approximate surface area is 137 Å². The summed E-state index contributed by atoms with van der Waals surface area (Å²) in [6.45, 7) is 6.03. The number of likely N-dealkylation sites (tertiary alicyclic amines) is 1. The van der Waals surface area contributed by atoms with Crippen LogP contribution in [0.3, 0.4) is 0 Å². The number of carbonyl (C=O) groups excluding carboxylic acids is 2. The van der Waals surface area contributed by atoms with Gasteiger partial charge in [0.05, 0.1) is 13.2 Å². The Kier molecular flexibility index (Phi) is 5.29. The minimum atomic E-state index is -0.571. The molecule has 1 fully saturated rings. The van der Waals surface area contributed by atoms with Gasteiger partial charge in [0.2, 0.25) is 0 Å². The van der Waals surface area contributed by atoms with Crippen LogP contribution in [0, 0.1) is 0 Å². The maximum Gasteiger partial charge on any atom is 0.410 e. The van der Waals surface area contributed by atoms with Gasteiger partial charge >= 0.3 is 6.09 Å². The van der Waals surface area contributed by atoms with E-state index in [-0.39, 0.29) is 5.78 Å². The molecule has 0 aromatic heterocycles. The maximum atomic E-state index is 12.8. The summed E-state index contributed by atoms with van der Waals surface area (Å²) in [5.74, 6) is 0.574. The van der Waals surface area contributed by atoms with Crippen molar-refractivity contribution in [3.05, 3.63) is 29.8 Å². The normalized spacial score (nSPS) is 18.4. The molecule has 1 saturated heterocycles. The average molecular weight is 319 g/mol. The van der Waals surface area contributed by atoms with E-state index < -0.39 is 17.7 Å². The lowest BCUT2D eigenvalue weighted by Gasteiger charge is -2.35. The molecule has 2 rings (SSSR count). The standard InChI is InChI=1S/C18H25NO4/c1-18(2,3)23-17(21)19-11-6-5-10-15(19)16(20)13-8-7-9-14(12-13)22-4/h7-9,12,15H,5-6,10-11H2,1-4H3/t15-/m0/s1. The van der Waals surface area contributed by atoms with E-state index in [1.54, 1.807) is 36.3 Å². The fourth-order valence-electron chi connectivity index (χ4n) is 2.71. The van der Waals surface area contributed by atoms with Gasteiger partial charge in [-0.2, -0.15) is 0 Å². The van der Waals surface area contributed by atoms with Crippen molar-refractivity contribution in [2.24, 2.45) is 0 Å². The number of carbonyl (C=O) groups is 2. The summed E-state index contributed by atoms with van der Waals surface area (Å²) < 4.78 is 10.6. The molecule has 1 aromatic carbocycles. The van der Waals surface area contributed by atoms with Crippen molar-refractivity contribution in [3.8, 4) is 5.75 Å². The third-order valence-corrected chi connectivity index (χ3v) is 3.79. The quantitative estimate of drug-likeness (QED) is 0.798. The molecule has 1 aliphatic rings. The third kappa shape index (κ3) is 4.47. The molecule has 0 aliphatic carbocycles. The van der Waals surface area contributed by atoms with E-state index in [1.165, 1.54) is 0 Å². The Hall–Kier alpha value is -2.04. The largest absolute Gasteiger partial charge is 0.497 e. The Bertz CT molecular complexity index is 577. The number of rotatable bonds is 3. The van der Waals surface area contributed by atoms with Crippen molar-refractivity contribution < 1.29 is 19.1 Å². The zero-order valence-corrected chi connectivity index (χ0v) is 14.3. The van der Waals surface area contributed by atoms with E-state index in [4.69, 9.17) is 9.47 Å². The van der Waals surface area contributed by atoms with Crippen LogP contribution < -0.4 is 4.74 Å². The number of amides is 1. The highest BCUT2D eigenvalue weighted by atomic mass is 16.6. The predicted octanol–water partition coefficient (Wildman–Crippen LogP) is 3.67. The molecule has 1 aliphatic heterocycles. The fraction of sp³-hybridized carbons (Fsp3) is 0.556. The number of ether oxygens (including phenoxy) is 2. The van der Waals surface area contributed by atoms with Crippen molar-refractivity contribution in [1.82, 2.24) is 4.90 Å². The smallest absolute Gasteiger partial charge is 0.410 e. The molecule has 126 valence electrons. The van der Waals surface area contributed by atoms with Crippen molar-refractivity contribution in [1.29, 1.82) is 0 Å². The lowest BCUT2D eigenvalue weighted by atomic mass is 9.94. The van der Waals surface area contributed by atoms with Gasteiger partial charge in [-0.05, 0) is 52.2 Å². The summed E-state index contributed by atoms with van der Waals surface area (Å²) in [5, 5.41) is 0. The van der Waals surface area contributed by atoms with Gasteiger partial charge in [-0.3, -0.25) is 9.69 Å². The maximum absolute atomic E-state index is 12.8. The highest BCUT2D eigenvalue weighted by Crippen LogP contribution is 2.24. The number of piperidine rings is 1. The van der Waals surface area contributed by atoms with Gasteiger partial charge in [-0.15, -0.1) is 0 Å². The second kappa shape index (κ2) is 7.02. The lowest BCUT2D eigenvalue weighted by molar-refractivity contribution is 0.0105. The molecular formula is C18H25NO4. The number of ketones is 1. The van der Waals surface area contributed by atoms with Crippen molar-refractivity contribution in [2.45, 2.75) is 51.7 Å². The first-order valence-electron chi connectivity index (χ1n) is 8.00. The van der Waals surface area contributed by atoms with E-state index in [9.17, 15) is 9.59 Å². The van der Waals surface area contributed by atoms with E-state index in [0.717, 1.165) is 12.8 Å². The van der Waals surface area contributed by atoms with Crippen molar-refractivity contribution >= 4 is 11.9 Å². The lowest BCUT2D eigenvalue weighted by Crippen LogP contribution is -2.49. The first-order chi connectivity index (χ1) is 10.8. The summed E-state index contributed by atoms with van der Waals surface area (Å²) in [6, 6.07) is 6.58. The first kappa shape index (κ1) is 17.3. The third-order valence-electron chi connectivity index (χ3n) is 3.79. The Balaban J connectivity index is 2.20. The molecule has 1 amide bonds. The highest BCUT2D eigenvalue weighted by Gasteiger charge is 2.35. The predicted molar refractivity (Wildman–Crippen MR) is 87.9 cm³/mol. The highest BCUT2D eigenvalue weighted by molar-refractivity contribution is 6.01. The van der Waals surface area contributed by atoms with Gasteiger partial charge in [0.1, 0.15) is 11.4 Å². The van der Waals surface area contributed by atoms with Crippen LogP contribution in [-0.4, -0.2) is 42.1 Å². The molecule has 0 saturated carbocycles. The molecule has 0 N–H and O–H groups in total. The minimum absolute atomic E-state index is 0.0607. The summed E-state index contributed by atoms with van der Waals surface area (Å²) in [5.41, 5.74) is -0.0113. The number of hydrogen-bond donors (Lipinski definition) is 0. The molecule has 0 spiro atoms. The molecule has 0 unspecified atom stereocenters. The summed E-state index contributed by atoms with van der Waals surface area (Å²) >= 11 is 0. The van der Waals surface area contributed by atoms with Gasteiger partial charge in [0.15, 0.2) is 5.78 Å². The second-order valence-corrected chi connectivity index (χ2v) is 6.78. The number of hydrogen-bond acceptors (Lipinski definition) is 4. The van der Waals surface area contributed by atoms with Gasteiger partial charge in [-0.25, -0.2) is 4.79 Å². The molecule has 0 bridgehead atoms. The molecule has 23 heavy (non-hydrogen) atoms. The Morgan fingerprint density at radius 3 is 2.61 bits per heavy atom. The van der Waals surface area contributed by atoms with Crippen LogP contribution in [0.1, 0.15) is 50.4 Å². The van der Waals surface area contributed by atoms with Crippen molar-refractivity contribution in [2.75, 3.05) is 13.7 Å². The van der Waals surface area contributed by atoms with E-state index in [0.29, 0.717) is 24.3 Å². The average Bonchev–Trinajstić information content (AvgIpc) is 2.52. The summed E-state index contributed by atoms with van der Waals surface area (Å²) in [6.07, 6.45) is 2.06. The molecule has 0 radical (unpaired) electrons. The van der Waals surface area contributed by atoms with E-state index in [1.807, 2.05) is 20.8 Å². The van der Waals surface area contributed by atoms with Gasteiger partial charge < -0.3 is 9.47 Å². The number of nitrogens with zero attached hydrogens (tertiary/aromatic N) is 1. The van der Waals surface area contributed by atoms with E-state index in [2.05, 4.69) is 0 Å². The monoisotopic (exact) mass is 319 g/mol. The molecule has 1 heterocycles. The fourth-order valence-corrected chi connectivity index (χ4v) is 2.71. The van der Waals surface area contributed by atoms with Crippen LogP contribution in [0.5, 0.6) is 5.75 Å². The Morgan fingerprint density at radius 1 is 1.22 bits per heavy atom. The summed E-state index contributed by atoms with van der Waals surface area (Å²) in [4.78, 5) is 26.8. The molecule has 5 nitrogen and oxygen atoms in total. The van der Waals surface area contributed by atoms with Crippen LogP contribution >= 0.6 is 0 Å². The SMILES string of the molecule is COc1cccc(C(=O)[C@@H]2CCCCN2C(=O)OC(C)(C)C)c1. The molecular weight excluding hydrogens is 294 g/mol. The number of benzene rings is 1. The van der Waals surface area contributed by atoms with Gasteiger partial charge in [0, 0.05) is 12.1 Å². The van der Waals surface area contributed by atoms with Gasteiger partial charge in [0.25, 0.3) is 0 Å². The topological polar surface area (TPSA) is 55.8 Å². The molecule has 5 heteroatoms. The minimum Gasteiger partial charge on any atom is -0.497 e. The van der Waals surface area contributed by atoms with E-state index >= 15 is 0 Å². The van der Waals surface area contributed by atoms with Crippen LogP contribution in [0.15, 0.2) is 24.3 Å². The summed E-state index contributed by atoms with van der Waals surface area (Å²) in [7, 11) is 1.57. The van der Waals surface area contributed by atoms with Crippen LogP contribution in [-0.2, 0) is 4.74 Å². The van der Waals surface area contributed by atoms with Crippen LogP contribution in [0.4, 0.5) is 4.79 Å². The molecule has 1 atom stereocenters. The van der Waals surface area contributed by atoms with Crippen LogP contribution in [0.2, 0.25) is 0 Å². The van der Waals surface area contributed by atoms with Crippen LogP contribution in [0.25, 0.3) is 0 Å². The first-order valence-corrected chi connectivity index (χ1v) is 8.00.